The lowest BCUT2D eigenvalue weighted by atomic mass is 10.2. The first-order valence-electron chi connectivity index (χ1n) is 7.28. The molecule has 2 aromatic heterocycles. The van der Waals surface area contributed by atoms with Crippen LogP contribution >= 0.6 is 0 Å². The van der Waals surface area contributed by atoms with Crippen molar-refractivity contribution in [2.45, 2.75) is 19.6 Å². The van der Waals surface area contributed by atoms with E-state index in [2.05, 4.69) is 9.97 Å². The van der Waals surface area contributed by atoms with Crippen LogP contribution in [0.2, 0.25) is 0 Å². The molecule has 0 unspecified atom stereocenters. The van der Waals surface area contributed by atoms with Crippen LogP contribution in [-0.4, -0.2) is 27.7 Å². The lowest BCUT2D eigenvalue weighted by molar-refractivity contribution is 0.197. The molecule has 6 heteroatoms. The summed E-state index contributed by atoms with van der Waals surface area (Å²) in [5, 5.41) is 0.528. The van der Waals surface area contributed by atoms with Gasteiger partial charge in [-0.05, 0) is 31.2 Å². The lowest BCUT2D eigenvalue weighted by Crippen LogP contribution is -2.28. The Hall–Kier alpha value is -2.89. The Kier molecular flexibility index (Phi) is 4.23. The number of hydrogen-bond acceptors (Lipinski definition) is 5. The van der Waals surface area contributed by atoms with Crippen LogP contribution < -0.4 is 15.0 Å². The van der Waals surface area contributed by atoms with Crippen molar-refractivity contribution in [3.05, 3.63) is 59.4 Å². The van der Waals surface area contributed by atoms with E-state index >= 15 is 0 Å². The summed E-state index contributed by atoms with van der Waals surface area (Å²) in [6.45, 7) is 2.29. The van der Waals surface area contributed by atoms with Crippen LogP contribution in [0.25, 0.3) is 10.9 Å². The predicted molar refractivity (Wildman–Crippen MR) is 86.9 cm³/mol. The maximum atomic E-state index is 12.6. The normalized spacial score (nSPS) is 12.1. The van der Waals surface area contributed by atoms with E-state index in [-0.39, 0.29) is 11.7 Å². The number of rotatable bonds is 5. The van der Waals surface area contributed by atoms with Crippen LogP contribution in [0.1, 0.15) is 6.92 Å². The molecule has 3 rings (SSSR count). The largest absolute Gasteiger partial charge is 0.494 e. The van der Waals surface area contributed by atoms with Crippen molar-refractivity contribution in [3.8, 4) is 11.5 Å². The van der Waals surface area contributed by atoms with Crippen LogP contribution in [0.5, 0.6) is 11.5 Å². The molecule has 0 spiro atoms. The maximum absolute atomic E-state index is 12.6. The first-order valence-corrected chi connectivity index (χ1v) is 7.28. The molecule has 2 heterocycles. The molecule has 0 bridgehead atoms. The average Bonchev–Trinajstić information content (AvgIpc) is 2.58. The van der Waals surface area contributed by atoms with E-state index in [0.717, 1.165) is 0 Å². The van der Waals surface area contributed by atoms with Gasteiger partial charge >= 0.3 is 0 Å². The number of methoxy groups -OCH3 is 1. The molecule has 0 amide bonds. The summed E-state index contributed by atoms with van der Waals surface area (Å²) >= 11 is 0. The van der Waals surface area contributed by atoms with Gasteiger partial charge in [0.1, 0.15) is 23.1 Å². The number of pyridine rings is 1. The third kappa shape index (κ3) is 3.15. The molecule has 0 saturated carbocycles. The van der Waals surface area contributed by atoms with Gasteiger partial charge in [0.25, 0.3) is 5.56 Å². The molecular formula is C17H17N3O3. The maximum Gasteiger partial charge on any atom is 0.261 e. The third-order valence-corrected chi connectivity index (χ3v) is 3.46. The minimum atomic E-state index is -0.193. The van der Waals surface area contributed by atoms with Gasteiger partial charge in [-0.25, -0.2) is 4.98 Å². The van der Waals surface area contributed by atoms with Crippen molar-refractivity contribution in [2.24, 2.45) is 0 Å². The van der Waals surface area contributed by atoms with Crippen LogP contribution in [0.3, 0.4) is 0 Å². The summed E-state index contributed by atoms with van der Waals surface area (Å²) in [5.41, 5.74) is 0.451. The molecule has 3 aromatic rings. The Labute approximate surface area is 133 Å². The monoisotopic (exact) mass is 311 g/mol. The van der Waals surface area contributed by atoms with Gasteiger partial charge in [-0.1, -0.05) is 6.07 Å². The number of hydrogen-bond donors (Lipinski definition) is 0. The lowest BCUT2D eigenvalue weighted by Gasteiger charge is -2.16. The van der Waals surface area contributed by atoms with Crippen LogP contribution in [0.4, 0.5) is 0 Å². The van der Waals surface area contributed by atoms with Crippen LogP contribution in [0.15, 0.2) is 53.8 Å². The standard InChI is InChI=1S/C17H17N3O3/c1-12(23-13-5-4-8-18-9-13)10-20-11-19-16-14(17(20)21)6-3-7-15(16)22-2/h3-9,11-12H,10H2,1-2H3/t12-/m0/s1. The van der Waals surface area contributed by atoms with Gasteiger partial charge < -0.3 is 9.47 Å². The van der Waals surface area contributed by atoms with Crippen molar-refractivity contribution in [1.29, 1.82) is 0 Å². The second-order valence-corrected chi connectivity index (χ2v) is 5.18. The molecule has 0 fully saturated rings. The highest BCUT2D eigenvalue weighted by Crippen LogP contribution is 2.20. The number of nitrogens with zero attached hydrogens (tertiary/aromatic N) is 3. The van der Waals surface area contributed by atoms with E-state index in [9.17, 15) is 4.79 Å². The number of aromatic nitrogens is 3. The Morgan fingerprint density at radius 2 is 2.13 bits per heavy atom. The molecule has 0 aliphatic rings. The molecule has 23 heavy (non-hydrogen) atoms. The highest BCUT2D eigenvalue weighted by molar-refractivity contribution is 5.83. The summed E-state index contributed by atoms with van der Waals surface area (Å²) in [7, 11) is 1.56. The van der Waals surface area contributed by atoms with Crippen molar-refractivity contribution in [1.82, 2.24) is 14.5 Å². The summed E-state index contributed by atoms with van der Waals surface area (Å²) in [6.07, 6.45) is 4.66. The van der Waals surface area contributed by atoms with Gasteiger partial charge in [0, 0.05) is 6.20 Å². The molecule has 0 aliphatic heterocycles. The molecule has 1 aromatic carbocycles. The van der Waals surface area contributed by atoms with Crippen molar-refractivity contribution < 1.29 is 9.47 Å². The van der Waals surface area contributed by atoms with Gasteiger partial charge in [0.2, 0.25) is 0 Å². The second kappa shape index (κ2) is 6.48. The smallest absolute Gasteiger partial charge is 0.261 e. The Morgan fingerprint density at radius 3 is 2.87 bits per heavy atom. The molecule has 118 valence electrons. The third-order valence-electron chi connectivity index (χ3n) is 3.46. The molecule has 6 nitrogen and oxygen atoms in total. The Bertz CT molecular complexity index is 862. The van der Waals surface area contributed by atoms with E-state index in [1.54, 1.807) is 48.3 Å². The predicted octanol–water partition coefficient (Wildman–Crippen LogP) is 2.27. The number of benzene rings is 1. The van der Waals surface area contributed by atoms with E-state index in [4.69, 9.17) is 9.47 Å². The first kappa shape index (κ1) is 15.0. The highest BCUT2D eigenvalue weighted by Gasteiger charge is 2.11. The zero-order valence-corrected chi connectivity index (χ0v) is 13.0. The van der Waals surface area contributed by atoms with Crippen molar-refractivity contribution in [2.75, 3.05) is 7.11 Å². The van der Waals surface area contributed by atoms with Crippen LogP contribution in [-0.2, 0) is 6.54 Å². The summed E-state index contributed by atoms with van der Waals surface area (Å²) in [6, 6.07) is 8.95. The van der Waals surface area contributed by atoms with E-state index in [1.165, 1.54) is 6.33 Å². The fourth-order valence-electron chi connectivity index (χ4n) is 2.42. The van der Waals surface area contributed by atoms with Crippen molar-refractivity contribution in [3.63, 3.8) is 0 Å². The fourth-order valence-corrected chi connectivity index (χ4v) is 2.42. The van der Waals surface area contributed by atoms with Gasteiger partial charge in [-0.15, -0.1) is 0 Å². The minimum absolute atomic E-state index is 0.115. The second-order valence-electron chi connectivity index (χ2n) is 5.18. The summed E-state index contributed by atoms with van der Waals surface area (Å²) in [4.78, 5) is 20.9. The van der Waals surface area contributed by atoms with Crippen molar-refractivity contribution >= 4 is 10.9 Å². The Morgan fingerprint density at radius 1 is 1.26 bits per heavy atom. The highest BCUT2D eigenvalue weighted by atomic mass is 16.5. The molecular weight excluding hydrogens is 294 g/mol. The quantitative estimate of drug-likeness (QED) is 0.723. The molecule has 0 N–H and O–H groups in total. The Balaban J connectivity index is 1.86. The van der Waals surface area contributed by atoms with E-state index in [0.29, 0.717) is 28.9 Å². The van der Waals surface area contributed by atoms with Gasteiger partial charge in [-0.2, -0.15) is 0 Å². The minimum Gasteiger partial charge on any atom is -0.494 e. The van der Waals surface area contributed by atoms with Gasteiger partial charge in [-0.3, -0.25) is 14.3 Å². The average molecular weight is 311 g/mol. The SMILES string of the molecule is COc1cccc2c(=O)n(C[C@H](C)Oc3cccnc3)cnc12. The molecule has 0 radical (unpaired) electrons. The van der Waals surface area contributed by atoms with E-state index < -0.39 is 0 Å². The van der Waals surface area contributed by atoms with Gasteiger partial charge in [0.05, 0.1) is 31.6 Å². The zero-order chi connectivity index (χ0) is 16.2. The molecule has 0 saturated heterocycles. The number of fused-ring (bicyclic) bond motifs is 1. The van der Waals surface area contributed by atoms with E-state index in [1.807, 2.05) is 13.0 Å². The van der Waals surface area contributed by atoms with Crippen LogP contribution in [0, 0.1) is 0 Å². The molecule has 0 aliphatic carbocycles. The summed E-state index contributed by atoms with van der Waals surface area (Å²) < 4.78 is 12.5. The topological polar surface area (TPSA) is 66.2 Å². The first-order chi connectivity index (χ1) is 11.2. The number of ether oxygens (including phenoxy) is 2. The fraction of sp³-hybridized carbons (Fsp3) is 0.235. The number of para-hydroxylation sites is 1. The summed E-state index contributed by atoms with van der Waals surface area (Å²) in [5.74, 6) is 1.26. The molecule has 1 atom stereocenters. The zero-order valence-electron chi connectivity index (χ0n) is 13.0. The van der Waals surface area contributed by atoms with Gasteiger partial charge in [0.15, 0.2) is 0 Å².